The highest BCUT2D eigenvalue weighted by molar-refractivity contribution is 5.60. The lowest BCUT2D eigenvalue weighted by atomic mass is 10.3. The van der Waals surface area contributed by atoms with Crippen LogP contribution in [-0.4, -0.2) is 45.9 Å². The Hall–Kier alpha value is -2.17. The first-order valence-electron chi connectivity index (χ1n) is 5.36. The highest BCUT2D eigenvalue weighted by atomic mass is 19.4. The minimum absolute atomic E-state index is 0.0112. The van der Waals surface area contributed by atoms with E-state index in [2.05, 4.69) is 20.6 Å². The maximum Gasteiger partial charge on any atom is 0.416 e. The molecule has 0 aliphatic carbocycles. The highest BCUT2D eigenvalue weighted by Gasteiger charge is 2.38. The van der Waals surface area contributed by atoms with Gasteiger partial charge in [0.15, 0.2) is 6.10 Å². The van der Waals surface area contributed by atoms with Gasteiger partial charge in [0.05, 0.1) is 11.5 Å². The van der Waals surface area contributed by atoms with Crippen molar-refractivity contribution in [2.24, 2.45) is 0 Å². The van der Waals surface area contributed by atoms with Crippen LogP contribution in [0.4, 0.5) is 30.6 Å². The monoisotopic (exact) mass is 295 g/mol. The lowest BCUT2D eigenvalue weighted by molar-refractivity contribution is -0.385. The summed E-state index contributed by atoms with van der Waals surface area (Å²) in [5.74, 6) is -0.382. The number of aromatic nitrogens is 2. The first-order valence-corrected chi connectivity index (χ1v) is 5.36. The number of rotatable bonds is 5. The van der Waals surface area contributed by atoms with Gasteiger partial charge in [-0.1, -0.05) is 0 Å². The molecule has 1 atom stereocenters. The Morgan fingerprint density at radius 1 is 1.45 bits per heavy atom. The number of aliphatic hydroxyl groups is 1. The summed E-state index contributed by atoms with van der Waals surface area (Å²) in [6.07, 6.45) is -7.48. The number of alkyl halides is 3. The Morgan fingerprint density at radius 3 is 2.50 bits per heavy atom. The standard InChI is InChI=1S/C9H12F3N5O3/c1-4-6(17(19)20)7(16-8(13-2)15-4)14-3-5(18)9(10,11)12/h5,18H,3H2,1-2H3,(H2,13,14,15,16). The molecule has 3 N–H and O–H groups in total. The molecule has 0 aliphatic rings. The molecule has 20 heavy (non-hydrogen) atoms. The van der Waals surface area contributed by atoms with Gasteiger partial charge in [-0.3, -0.25) is 10.1 Å². The van der Waals surface area contributed by atoms with Crippen molar-refractivity contribution in [3.63, 3.8) is 0 Å². The minimum atomic E-state index is -4.82. The lowest BCUT2D eigenvalue weighted by Crippen LogP contribution is -2.35. The van der Waals surface area contributed by atoms with Gasteiger partial charge in [-0.05, 0) is 6.92 Å². The Balaban J connectivity index is 3.04. The van der Waals surface area contributed by atoms with E-state index in [-0.39, 0.29) is 11.6 Å². The number of halogens is 3. The molecule has 1 unspecified atom stereocenters. The third-order valence-corrected chi connectivity index (χ3v) is 2.31. The van der Waals surface area contributed by atoms with Crippen LogP contribution < -0.4 is 10.6 Å². The van der Waals surface area contributed by atoms with E-state index in [1.165, 1.54) is 14.0 Å². The second-order valence-electron chi connectivity index (χ2n) is 3.78. The molecule has 8 nitrogen and oxygen atoms in total. The Bertz CT molecular complexity index is 508. The molecule has 1 rings (SSSR count). The van der Waals surface area contributed by atoms with Crippen molar-refractivity contribution in [3.8, 4) is 0 Å². The predicted molar refractivity (Wildman–Crippen MR) is 63.5 cm³/mol. The van der Waals surface area contributed by atoms with Crippen LogP contribution in [-0.2, 0) is 0 Å². The largest absolute Gasteiger partial charge is 0.416 e. The lowest BCUT2D eigenvalue weighted by Gasteiger charge is -2.15. The molecular weight excluding hydrogens is 283 g/mol. The molecule has 0 saturated heterocycles. The van der Waals surface area contributed by atoms with E-state index in [1.54, 1.807) is 0 Å². The van der Waals surface area contributed by atoms with E-state index in [0.29, 0.717) is 0 Å². The van der Waals surface area contributed by atoms with Crippen molar-refractivity contribution in [2.75, 3.05) is 24.2 Å². The molecule has 1 aromatic heterocycles. The molecule has 0 bridgehead atoms. The number of hydrogen-bond acceptors (Lipinski definition) is 7. The fourth-order valence-electron chi connectivity index (χ4n) is 1.33. The van der Waals surface area contributed by atoms with E-state index in [0.717, 1.165) is 0 Å². The fourth-order valence-corrected chi connectivity index (χ4v) is 1.33. The number of aryl methyl sites for hydroxylation is 1. The van der Waals surface area contributed by atoms with Crippen molar-refractivity contribution >= 4 is 17.5 Å². The van der Waals surface area contributed by atoms with Gasteiger partial charge in [-0.15, -0.1) is 0 Å². The Kier molecular flexibility index (Phi) is 4.65. The molecule has 0 fully saturated rings. The molecule has 0 saturated carbocycles. The maximum atomic E-state index is 12.2. The zero-order chi connectivity index (χ0) is 15.5. The smallest absolute Gasteiger partial charge is 0.382 e. The van der Waals surface area contributed by atoms with Crippen LogP contribution in [0.25, 0.3) is 0 Å². The molecule has 0 spiro atoms. The van der Waals surface area contributed by atoms with Gasteiger partial charge < -0.3 is 15.7 Å². The first-order chi connectivity index (χ1) is 9.16. The van der Waals surface area contributed by atoms with Crippen LogP contribution in [0, 0.1) is 17.0 Å². The van der Waals surface area contributed by atoms with Crippen molar-refractivity contribution in [1.29, 1.82) is 0 Å². The molecule has 11 heteroatoms. The van der Waals surface area contributed by atoms with Gasteiger partial charge in [0.1, 0.15) is 5.69 Å². The molecule has 1 aromatic rings. The van der Waals surface area contributed by atoms with Crippen molar-refractivity contribution < 1.29 is 23.2 Å². The number of aliphatic hydroxyl groups excluding tert-OH is 1. The van der Waals surface area contributed by atoms with E-state index in [9.17, 15) is 23.3 Å². The Morgan fingerprint density at radius 2 is 2.05 bits per heavy atom. The van der Waals surface area contributed by atoms with Crippen molar-refractivity contribution in [1.82, 2.24) is 9.97 Å². The van der Waals surface area contributed by atoms with Gasteiger partial charge in [-0.25, -0.2) is 4.98 Å². The topological polar surface area (TPSA) is 113 Å². The quantitative estimate of drug-likeness (QED) is 0.550. The van der Waals surface area contributed by atoms with Crippen LogP contribution >= 0.6 is 0 Å². The molecule has 0 amide bonds. The number of nitrogens with zero attached hydrogens (tertiary/aromatic N) is 3. The summed E-state index contributed by atoms with van der Waals surface area (Å²) >= 11 is 0. The van der Waals surface area contributed by atoms with Crippen LogP contribution in [0.1, 0.15) is 5.69 Å². The molecular formula is C9H12F3N5O3. The summed E-state index contributed by atoms with van der Waals surface area (Å²) in [6.45, 7) is 0.371. The number of anilines is 2. The van der Waals surface area contributed by atoms with Crippen molar-refractivity contribution in [3.05, 3.63) is 15.8 Å². The molecule has 112 valence electrons. The second-order valence-corrected chi connectivity index (χ2v) is 3.78. The Labute approximate surface area is 111 Å². The van der Waals surface area contributed by atoms with Crippen LogP contribution in [0.2, 0.25) is 0 Å². The molecule has 0 aliphatic heterocycles. The molecule has 0 aromatic carbocycles. The average Bonchev–Trinajstić information content (AvgIpc) is 2.33. The average molecular weight is 295 g/mol. The molecule has 0 radical (unpaired) electrons. The van der Waals surface area contributed by atoms with Gasteiger partial charge in [0.25, 0.3) is 0 Å². The summed E-state index contributed by atoms with van der Waals surface area (Å²) in [5, 5.41) is 24.4. The maximum absolute atomic E-state index is 12.2. The fraction of sp³-hybridized carbons (Fsp3) is 0.556. The predicted octanol–water partition coefficient (Wildman–Crippen LogP) is 1.07. The van der Waals surface area contributed by atoms with E-state index >= 15 is 0 Å². The number of nitrogens with one attached hydrogen (secondary N) is 2. The molecule has 1 heterocycles. The summed E-state index contributed by atoms with van der Waals surface area (Å²) < 4.78 is 36.5. The zero-order valence-electron chi connectivity index (χ0n) is 10.5. The van der Waals surface area contributed by atoms with Crippen LogP contribution in [0.15, 0.2) is 0 Å². The van der Waals surface area contributed by atoms with Gasteiger partial charge in [-0.2, -0.15) is 18.2 Å². The first kappa shape index (κ1) is 15.9. The summed E-state index contributed by atoms with van der Waals surface area (Å²) in [5.41, 5.74) is -0.559. The number of hydrogen-bond donors (Lipinski definition) is 3. The normalized spacial score (nSPS) is 12.9. The SMILES string of the molecule is CNc1nc(C)c([N+](=O)[O-])c(NCC(O)C(F)(F)F)n1. The summed E-state index contributed by atoms with van der Waals surface area (Å²) in [7, 11) is 1.45. The highest BCUT2D eigenvalue weighted by Crippen LogP contribution is 2.27. The van der Waals surface area contributed by atoms with E-state index < -0.39 is 35.3 Å². The van der Waals surface area contributed by atoms with E-state index in [1.807, 2.05) is 0 Å². The third kappa shape index (κ3) is 3.66. The zero-order valence-corrected chi connectivity index (χ0v) is 10.5. The minimum Gasteiger partial charge on any atom is -0.382 e. The summed E-state index contributed by atoms with van der Waals surface area (Å²) in [6, 6.07) is 0. The van der Waals surface area contributed by atoms with Gasteiger partial charge in [0, 0.05) is 7.05 Å². The van der Waals surface area contributed by atoms with Crippen LogP contribution in [0.3, 0.4) is 0 Å². The van der Waals surface area contributed by atoms with Gasteiger partial charge >= 0.3 is 11.9 Å². The third-order valence-electron chi connectivity index (χ3n) is 2.31. The van der Waals surface area contributed by atoms with Gasteiger partial charge in [0.2, 0.25) is 11.8 Å². The van der Waals surface area contributed by atoms with Crippen molar-refractivity contribution in [2.45, 2.75) is 19.2 Å². The van der Waals surface area contributed by atoms with Crippen LogP contribution in [0.5, 0.6) is 0 Å². The number of nitro groups is 1. The van der Waals surface area contributed by atoms with E-state index in [4.69, 9.17) is 5.11 Å². The second kappa shape index (κ2) is 5.86. The summed E-state index contributed by atoms with van der Waals surface area (Å²) in [4.78, 5) is 17.5.